The average molecular weight is 564 g/mol. The molecule has 0 spiro atoms. The summed E-state index contributed by atoms with van der Waals surface area (Å²) in [6.07, 6.45) is 2.82. The molecule has 0 unspecified atom stereocenters. The van der Waals surface area contributed by atoms with Gasteiger partial charge in [0.05, 0.1) is 21.3 Å². The van der Waals surface area contributed by atoms with E-state index in [2.05, 4.69) is 4.97 Å². The maximum absolute atomic E-state index is 13.1. The topological polar surface area (TPSA) is 110 Å². The quantitative estimate of drug-likeness (QED) is 0.211. The SMILES string of the molecule is COc1ccc([C@H]2[C@@H](CO)C(=O)N2c2cc(OC)c(OC)c(OC)c2)c(OCCCCC[Se]C#N)c1. The third-order valence-corrected chi connectivity index (χ3v) is 7.40. The van der Waals surface area contributed by atoms with Crippen LogP contribution in [0.3, 0.4) is 0 Å². The summed E-state index contributed by atoms with van der Waals surface area (Å²) in [7, 11) is 6.14. The molecule has 0 saturated carbocycles. The summed E-state index contributed by atoms with van der Waals surface area (Å²) in [6.45, 7) is 0.199. The number of ether oxygens (including phenoxy) is 5. The number of rotatable bonds is 14. The molecule has 0 radical (unpaired) electrons. The Bertz CT molecular complexity index is 1060. The van der Waals surface area contributed by atoms with Crippen LogP contribution in [-0.4, -0.2) is 67.6 Å². The second-order valence-corrected chi connectivity index (χ2v) is 9.92. The molecule has 1 aliphatic rings. The minimum absolute atomic E-state index is 0.0488. The van der Waals surface area contributed by atoms with Crippen molar-refractivity contribution in [3.05, 3.63) is 35.9 Å². The van der Waals surface area contributed by atoms with Crippen molar-refractivity contribution in [1.29, 1.82) is 5.26 Å². The Labute approximate surface area is 218 Å². The van der Waals surface area contributed by atoms with E-state index in [1.807, 2.05) is 12.1 Å². The molecule has 1 saturated heterocycles. The van der Waals surface area contributed by atoms with Crippen LogP contribution in [0.25, 0.3) is 0 Å². The van der Waals surface area contributed by atoms with Crippen molar-refractivity contribution >= 4 is 26.6 Å². The molecule has 0 aliphatic carbocycles. The van der Waals surface area contributed by atoms with E-state index < -0.39 is 12.0 Å². The van der Waals surface area contributed by atoms with Gasteiger partial charge in [-0.1, -0.05) is 0 Å². The van der Waals surface area contributed by atoms with Crippen LogP contribution < -0.4 is 28.6 Å². The molecule has 36 heavy (non-hydrogen) atoms. The van der Waals surface area contributed by atoms with Crippen LogP contribution in [0.5, 0.6) is 28.7 Å². The molecule has 0 aromatic heterocycles. The third-order valence-electron chi connectivity index (χ3n) is 6.09. The van der Waals surface area contributed by atoms with Gasteiger partial charge in [-0.3, -0.25) is 0 Å². The first-order valence-corrected chi connectivity index (χ1v) is 13.7. The van der Waals surface area contributed by atoms with Crippen molar-refractivity contribution < 1.29 is 33.6 Å². The Morgan fingerprint density at radius 3 is 2.28 bits per heavy atom. The monoisotopic (exact) mass is 564 g/mol. The summed E-state index contributed by atoms with van der Waals surface area (Å²) in [5.41, 5.74) is 1.33. The summed E-state index contributed by atoms with van der Waals surface area (Å²) in [5, 5.41) is 19.7. The van der Waals surface area contributed by atoms with Gasteiger partial charge in [0.1, 0.15) is 0 Å². The van der Waals surface area contributed by atoms with Gasteiger partial charge in [-0.15, -0.1) is 0 Å². The van der Waals surface area contributed by atoms with E-state index in [9.17, 15) is 9.90 Å². The second kappa shape index (κ2) is 13.3. The van der Waals surface area contributed by atoms with Crippen LogP contribution in [0.15, 0.2) is 30.3 Å². The Hall–Kier alpha value is -3.12. The summed E-state index contributed by atoms with van der Waals surface area (Å²) in [5.74, 6) is 1.69. The number of hydrogen-bond acceptors (Lipinski definition) is 8. The van der Waals surface area contributed by atoms with Crippen molar-refractivity contribution in [3.63, 3.8) is 0 Å². The molecule has 1 N–H and O–H groups in total. The summed E-state index contributed by atoms with van der Waals surface area (Å²) in [6, 6.07) is 8.47. The fraction of sp³-hybridized carbons (Fsp3) is 0.462. The first-order valence-electron chi connectivity index (χ1n) is 11.6. The first-order chi connectivity index (χ1) is 17.5. The normalized spacial score (nSPS) is 16.7. The number of carbonyl (C=O) groups excluding carboxylic acids is 1. The number of benzene rings is 2. The molecule has 1 fully saturated rings. The van der Waals surface area contributed by atoms with E-state index in [1.54, 1.807) is 30.2 Å². The molecule has 1 aliphatic heterocycles. The first kappa shape index (κ1) is 27.5. The predicted octanol–water partition coefficient (Wildman–Crippen LogP) is 3.57. The zero-order valence-corrected chi connectivity index (χ0v) is 22.7. The molecular formula is C26H32N2O7Se. The molecule has 0 bridgehead atoms. The summed E-state index contributed by atoms with van der Waals surface area (Å²) in [4.78, 5) is 17.0. The number of nitrogens with zero attached hydrogens (tertiary/aromatic N) is 2. The molecule has 1 heterocycles. The van der Waals surface area contributed by atoms with Crippen LogP contribution in [-0.2, 0) is 4.79 Å². The van der Waals surface area contributed by atoms with Crippen molar-refractivity contribution in [2.24, 2.45) is 5.92 Å². The zero-order valence-electron chi connectivity index (χ0n) is 21.0. The minimum atomic E-state index is -0.618. The number of aliphatic hydroxyl groups excluding tert-OH is 1. The summed E-state index contributed by atoms with van der Waals surface area (Å²) < 4.78 is 27.9. The number of carbonyl (C=O) groups is 1. The van der Waals surface area contributed by atoms with Gasteiger partial charge in [0.15, 0.2) is 11.5 Å². The van der Waals surface area contributed by atoms with Crippen LogP contribution >= 0.6 is 0 Å². The Balaban J connectivity index is 1.91. The average Bonchev–Trinajstić information content (AvgIpc) is 2.90. The van der Waals surface area contributed by atoms with Gasteiger partial charge in [0.25, 0.3) is 0 Å². The van der Waals surface area contributed by atoms with Gasteiger partial charge in [0.2, 0.25) is 5.75 Å². The molecule has 194 valence electrons. The van der Waals surface area contributed by atoms with E-state index in [0.717, 1.165) is 30.1 Å². The van der Waals surface area contributed by atoms with E-state index in [0.29, 0.717) is 41.0 Å². The zero-order chi connectivity index (χ0) is 26.1. The van der Waals surface area contributed by atoms with Crippen LogP contribution in [0.1, 0.15) is 30.9 Å². The maximum atomic E-state index is 13.1. The molecule has 10 heteroatoms. The van der Waals surface area contributed by atoms with Crippen molar-refractivity contribution in [1.82, 2.24) is 0 Å². The van der Waals surface area contributed by atoms with Gasteiger partial charge in [0, 0.05) is 0 Å². The molecule has 3 rings (SSSR count). The number of β-lactam (4-membered cyclic amide) rings is 1. The number of methoxy groups -OCH3 is 4. The van der Waals surface area contributed by atoms with Gasteiger partial charge < -0.3 is 14.2 Å². The Morgan fingerprint density at radius 2 is 1.69 bits per heavy atom. The number of hydrogen-bond donors (Lipinski definition) is 1. The Kier molecular flexibility index (Phi) is 10.1. The van der Waals surface area contributed by atoms with Crippen LogP contribution in [0.4, 0.5) is 5.69 Å². The molecule has 1 amide bonds. The number of amides is 1. The van der Waals surface area contributed by atoms with Gasteiger partial charge in [-0.2, -0.15) is 0 Å². The molecule has 2 aromatic rings. The van der Waals surface area contributed by atoms with Crippen LogP contribution in [0.2, 0.25) is 5.32 Å². The van der Waals surface area contributed by atoms with Crippen LogP contribution in [0, 0.1) is 16.1 Å². The van der Waals surface area contributed by atoms with Gasteiger partial charge in [-0.25, -0.2) is 0 Å². The predicted molar refractivity (Wildman–Crippen MR) is 135 cm³/mol. The fourth-order valence-electron chi connectivity index (χ4n) is 4.27. The van der Waals surface area contributed by atoms with E-state index in [1.165, 1.54) is 21.3 Å². The van der Waals surface area contributed by atoms with Crippen molar-refractivity contribution in [2.45, 2.75) is 30.6 Å². The van der Waals surface area contributed by atoms with Crippen molar-refractivity contribution in [2.75, 3.05) is 46.6 Å². The number of aliphatic hydroxyl groups is 1. The Morgan fingerprint density at radius 1 is 0.972 bits per heavy atom. The molecular weight excluding hydrogens is 531 g/mol. The standard InChI is InChI=1S/C26H32N2O7Se/c1-31-18-8-9-19(21(14-18)35-10-6-5-7-11-36-16-27)24-20(15-29)26(30)28(24)17-12-22(32-2)25(34-4)23(13-17)33-3/h8-9,12-14,20,24,29H,5-7,10-11,15H2,1-4H3/t20-,24+/m1/s1. The second-order valence-electron chi connectivity index (χ2n) is 8.08. The van der Waals surface area contributed by atoms with Gasteiger partial charge >= 0.3 is 165 Å². The summed E-state index contributed by atoms with van der Waals surface area (Å²) >= 11 is 0.0488. The fourth-order valence-corrected chi connectivity index (χ4v) is 5.19. The van der Waals surface area contributed by atoms with E-state index in [-0.39, 0.29) is 27.5 Å². The van der Waals surface area contributed by atoms with Crippen molar-refractivity contribution in [3.8, 4) is 33.7 Å². The number of anilines is 1. The number of nitriles is 1. The molecule has 2 atom stereocenters. The van der Waals surface area contributed by atoms with E-state index in [4.69, 9.17) is 28.9 Å². The molecule has 9 nitrogen and oxygen atoms in total. The van der Waals surface area contributed by atoms with E-state index >= 15 is 0 Å². The molecule has 2 aromatic carbocycles. The third kappa shape index (κ3) is 5.81. The number of unbranched alkanes of at least 4 members (excludes halogenated alkanes) is 2. The van der Waals surface area contributed by atoms with Gasteiger partial charge in [-0.05, 0) is 0 Å².